The molecule has 0 N–H and O–H groups in total. The maximum Gasteiger partial charge on any atom is 0.450 e. The number of benzene rings is 1. The fourth-order valence-electron chi connectivity index (χ4n) is 0.692. The Balaban J connectivity index is -0.000000260. The molecule has 0 unspecified atom stereocenters. The maximum absolute atomic E-state index is 10.8. The van der Waals surface area contributed by atoms with E-state index in [0.717, 1.165) is 0 Å². The molecule has 0 saturated carbocycles. The van der Waals surface area contributed by atoms with Crippen LogP contribution in [-0.2, 0) is 4.74 Å². The molecule has 8 heteroatoms. The van der Waals surface area contributed by atoms with Crippen LogP contribution in [0.1, 0.15) is 24.2 Å². The Bertz CT molecular complexity index is 338. The van der Waals surface area contributed by atoms with Gasteiger partial charge in [0, 0.05) is 0 Å². The van der Waals surface area contributed by atoms with E-state index in [2.05, 4.69) is 4.74 Å². The van der Waals surface area contributed by atoms with Gasteiger partial charge in [-0.05, 0) is 12.1 Å². The number of esters is 1. The normalized spacial score (nSPS) is 9.10. The summed E-state index contributed by atoms with van der Waals surface area (Å²) in [7, 11) is 1.87. The lowest BCUT2D eigenvalue weighted by atomic mass is 10.2. The second-order valence-corrected chi connectivity index (χ2v) is 2.70. The minimum atomic E-state index is -5.33. The van der Waals surface area contributed by atoms with Crippen LogP contribution in [0, 0.1) is 0 Å². The Morgan fingerprint density at radius 2 is 1.38 bits per heavy atom. The van der Waals surface area contributed by atoms with Gasteiger partial charge in [0.1, 0.15) is 0 Å². The number of rotatable bonds is 1. The van der Waals surface area contributed by atoms with Crippen LogP contribution < -0.4 is 0 Å². The number of carbonyl (C=O) groups is 1. The minimum Gasteiger partial charge on any atom is -0.465 e. The molecule has 1 aromatic rings. The van der Waals surface area contributed by atoms with Gasteiger partial charge >= 0.3 is 18.6 Å². The first-order chi connectivity index (χ1) is 9.79. The van der Waals surface area contributed by atoms with Crippen LogP contribution in [0.3, 0.4) is 0 Å². The summed E-state index contributed by atoms with van der Waals surface area (Å²) in [5.41, 5.74) is 0.588. The molecule has 0 amide bonds. The molecule has 1 rings (SSSR count). The van der Waals surface area contributed by atoms with Gasteiger partial charge in [-0.3, -0.25) is 4.39 Å². The first-order valence-electron chi connectivity index (χ1n) is 5.65. The third-order valence-electron chi connectivity index (χ3n) is 1.44. The number of alkyl halides is 6. The highest BCUT2D eigenvalue weighted by molar-refractivity contribution is 5.89. The zero-order valence-corrected chi connectivity index (χ0v) is 12.0. The second kappa shape index (κ2) is 14.7. The van der Waals surface area contributed by atoms with Gasteiger partial charge in [-0.2, -0.15) is 13.2 Å². The number of halogens is 6. The Morgan fingerprint density at radius 1 is 1.05 bits per heavy atom. The predicted molar refractivity (Wildman–Crippen MR) is 68.2 cm³/mol. The van der Waals surface area contributed by atoms with Crippen LogP contribution >= 0.6 is 0 Å². The topological polar surface area (TPSA) is 26.3 Å². The smallest absolute Gasteiger partial charge is 0.450 e. The summed E-state index contributed by atoms with van der Waals surface area (Å²) >= 11 is 0. The maximum atomic E-state index is 10.8. The van der Waals surface area contributed by atoms with Crippen molar-refractivity contribution in [3.63, 3.8) is 0 Å². The van der Waals surface area contributed by atoms with Crippen molar-refractivity contribution in [3.8, 4) is 0 Å². The van der Waals surface area contributed by atoms with Crippen LogP contribution in [0.15, 0.2) is 30.3 Å². The van der Waals surface area contributed by atoms with E-state index >= 15 is 0 Å². The Hall–Kier alpha value is -1.73. The van der Waals surface area contributed by atoms with Crippen LogP contribution in [0.2, 0.25) is 0 Å². The fourth-order valence-corrected chi connectivity index (χ4v) is 0.692. The van der Waals surface area contributed by atoms with Crippen molar-refractivity contribution in [1.82, 2.24) is 0 Å². The zero-order valence-electron chi connectivity index (χ0n) is 12.0. The number of hydrogen-bond acceptors (Lipinski definition) is 2. The standard InChI is InChI=1S/C8H8O2.C2HF5.C2H6.CH3F/c1-10-8(9)7-5-3-2-4-6-7;3-1(4)2(5,6)7;2*1-2/h2-6H,1H3;1H;1-2H3;1H3. The summed E-state index contributed by atoms with van der Waals surface area (Å²) in [6.07, 6.45) is -9.53. The van der Waals surface area contributed by atoms with E-state index in [9.17, 15) is 31.1 Å². The van der Waals surface area contributed by atoms with Crippen LogP contribution in [0.4, 0.5) is 26.3 Å². The molecule has 0 spiro atoms. The monoisotopic (exact) mass is 320 g/mol. The molecule has 0 bridgehead atoms. The average molecular weight is 320 g/mol. The van der Waals surface area contributed by atoms with E-state index in [1.54, 1.807) is 24.3 Å². The van der Waals surface area contributed by atoms with E-state index in [1.807, 2.05) is 19.9 Å². The Kier molecular flexibility index (Phi) is 17.0. The van der Waals surface area contributed by atoms with Crippen molar-refractivity contribution in [2.45, 2.75) is 26.4 Å². The lowest BCUT2D eigenvalue weighted by Gasteiger charge is -2.00. The molecule has 0 fully saturated rings. The molecule has 0 atom stereocenters. The molecular weight excluding hydrogens is 302 g/mol. The minimum absolute atomic E-state index is 0.291. The van der Waals surface area contributed by atoms with Crippen molar-refractivity contribution < 1.29 is 35.9 Å². The molecule has 0 aliphatic carbocycles. The highest BCUT2D eigenvalue weighted by Gasteiger charge is 2.40. The summed E-state index contributed by atoms with van der Waals surface area (Å²) in [4.78, 5) is 10.8. The first kappa shape index (κ1) is 24.3. The lowest BCUT2D eigenvalue weighted by Crippen LogP contribution is -2.18. The third kappa shape index (κ3) is 14.5. The summed E-state index contributed by atoms with van der Waals surface area (Å²) in [5, 5.41) is 0. The van der Waals surface area contributed by atoms with E-state index in [0.29, 0.717) is 12.7 Å². The molecule has 0 aliphatic rings. The van der Waals surface area contributed by atoms with Gasteiger partial charge in [0.05, 0.1) is 19.9 Å². The van der Waals surface area contributed by atoms with Gasteiger partial charge in [0.2, 0.25) is 0 Å². The molecule has 0 heterocycles. The van der Waals surface area contributed by atoms with Gasteiger partial charge in [0.25, 0.3) is 0 Å². The Morgan fingerprint density at radius 3 is 1.62 bits per heavy atom. The van der Waals surface area contributed by atoms with Gasteiger partial charge in [0.15, 0.2) is 0 Å². The van der Waals surface area contributed by atoms with E-state index < -0.39 is 12.6 Å². The SMILES string of the molecule is CC.CF.COC(=O)c1ccccc1.FC(F)C(F)(F)F. The fraction of sp³-hybridized carbons (Fsp3) is 0.462. The summed E-state index contributed by atoms with van der Waals surface area (Å²) < 4.78 is 66.1. The van der Waals surface area contributed by atoms with E-state index in [4.69, 9.17) is 0 Å². The number of ether oxygens (including phenoxy) is 1. The summed E-state index contributed by atoms with van der Waals surface area (Å²) in [5.74, 6) is -0.291. The van der Waals surface area contributed by atoms with Crippen molar-refractivity contribution in [2.75, 3.05) is 14.3 Å². The first-order valence-corrected chi connectivity index (χ1v) is 5.65. The van der Waals surface area contributed by atoms with Crippen LogP contribution in [0.25, 0.3) is 0 Å². The highest BCUT2D eigenvalue weighted by Crippen LogP contribution is 2.22. The van der Waals surface area contributed by atoms with Gasteiger partial charge < -0.3 is 4.74 Å². The van der Waals surface area contributed by atoms with Crippen LogP contribution in [0.5, 0.6) is 0 Å². The Labute approximate surface area is 119 Å². The summed E-state index contributed by atoms with van der Waals surface area (Å²) in [6.45, 7) is 4.00. The molecule has 0 saturated heterocycles. The molecular formula is C13H18F6O2. The number of carbonyl (C=O) groups excluding carboxylic acids is 1. The quantitative estimate of drug-likeness (QED) is 0.543. The number of methoxy groups -OCH3 is 1. The highest BCUT2D eigenvalue weighted by atomic mass is 19.4. The molecule has 124 valence electrons. The second-order valence-electron chi connectivity index (χ2n) is 2.70. The predicted octanol–water partition coefficient (Wildman–Crippen LogP) is 4.90. The van der Waals surface area contributed by atoms with Crippen molar-refractivity contribution >= 4 is 5.97 Å². The molecule has 0 aliphatic heterocycles. The largest absolute Gasteiger partial charge is 0.465 e. The zero-order chi connectivity index (χ0) is 17.5. The average Bonchev–Trinajstić information content (AvgIpc) is 2.51. The third-order valence-corrected chi connectivity index (χ3v) is 1.44. The van der Waals surface area contributed by atoms with E-state index in [1.165, 1.54) is 7.11 Å². The van der Waals surface area contributed by atoms with Crippen LogP contribution in [-0.4, -0.2) is 32.9 Å². The van der Waals surface area contributed by atoms with Crippen molar-refractivity contribution in [2.24, 2.45) is 0 Å². The van der Waals surface area contributed by atoms with Crippen molar-refractivity contribution in [3.05, 3.63) is 35.9 Å². The van der Waals surface area contributed by atoms with Gasteiger partial charge in [-0.25, -0.2) is 13.6 Å². The lowest BCUT2D eigenvalue weighted by molar-refractivity contribution is -0.219. The molecule has 0 aromatic heterocycles. The van der Waals surface area contributed by atoms with Gasteiger partial charge in [-0.15, -0.1) is 0 Å². The molecule has 0 radical (unpaired) electrons. The molecule has 1 aromatic carbocycles. The van der Waals surface area contributed by atoms with Crippen molar-refractivity contribution in [1.29, 1.82) is 0 Å². The molecule has 2 nitrogen and oxygen atoms in total. The van der Waals surface area contributed by atoms with E-state index in [-0.39, 0.29) is 5.97 Å². The summed E-state index contributed by atoms with van der Waals surface area (Å²) in [6, 6.07) is 8.88. The van der Waals surface area contributed by atoms with Gasteiger partial charge in [-0.1, -0.05) is 32.0 Å². The molecule has 21 heavy (non-hydrogen) atoms. The number of hydrogen-bond donors (Lipinski definition) is 0.